The van der Waals surface area contributed by atoms with Gasteiger partial charge in [-0.25, -0.2) is 4.79 Å². The minimum absolute atomic E-state index is 0.0575. The molecule has 1 aliphatic heterocycles. The van der Waals surface area contributed by atoms with Gasteiger partial charge in [0.15, 0.2) is 0 Å². The summed E-state index contributed by atoms with van der Waals surface area (Å²) >= 11 is 1.85. The lowest BCUT2D eigenvalue weighted by Gasteiger charge is -2.39. The number of nitrogens with one attached hydrogen (secondary N) is 1. The summed E-state index contributed by atoms with van der Waals surface area (Å²) in [6.07, 6.45) is 5.27. The molecular formula is C13H26N2O2S. The van der Waals surface area contributed by atoms with Crippen LogP contribution in [0.5, 0.6) is 0 Å². The number of thioether (sulfide) groups is 1. The SMILES string of the molecule is CC[C@]1(C)CN(C(=O)NCCCCSC)CCO1. The number of nitrogens with zero attached hydrogens (tertiary/aromatic N) is 1. The molecule has 1 saturated heterocycles. The average Bonchev–Trinajstić information content (AvgIpc) is 2.38. The normalized spacial score (nSPS) is 24.1. The zero-order valence-corrected chi connectivity index (χ0v) is 12.6. The van der Waals surface area contributed by atoms with Gasteiger partial charge < -0.3 is 15.0 Å². The molecule has 0 bridgehead atoms. The topological polar surface area (TPSA) is 41.6 Å². The highest BCUT2D eigenvalue weighted by atomic mass is 32.2. The number of rotatable bonds is 6. The molecule has 0 unspecified atom stereocenters. The van der Waals surface area contributed by atoms with Crippen LogP contribution in [0.4, 0.5) is 4.79 Å². The van der Waals surface area contributed by atoms with E-state index in [1.165, 1.54) is 5.75 Å². The standard InChI is InChI=1S/C13H26N2O2S/c1-4-13(2)11-15(8-9-17-13)12(16)14-7-5-6-10-18-3/h4-11H2,1-3H3,(H,14,16)/t13-/m1/s1. The molecule has 1 rings (SSSR count). The lowest BCUT2D eigenvalue weighted by Crippen LogP contribution is -2.54. The molecule has 1 N–H and O–H groups in total. The maximum absolute atomic E-state index is 12.0. The number of carbonyl (C=O) groups excluding carboxylic acids is 1. The van der Waals surface area contributed by atoms with E-state index in [0.29, 0.717) is 19.7 Å². The molecule has 1 fully saturated rings. The number of morpholine rings is 1. The molecule has 1 atom stereocenters. The molecule has 106 valence electrons. The van der Waals surface area contributed by atoms with Crippen LogP contribution in [0.3, 0.4) is 0 Å². The van der Waals surface area contributed by atoms with Gasteiger partial charge in [0.05, 0.1) is 18.8 Å². The summed E-state index contributed by atoms with van der Waals surface area (Å²) in [5.74, 6) is 1.17. The third-order valence-corrected chi connectivity index (χ3v) is 4.12. The van der Waals surface area contributed by atoms with Crippen LogP contribution in [0.25, 0.3) is 0 Å². The fourth-order valence-electron chi connectivity index (χ4n) is 2.00. The van der Waals surface area contributed by atoms with Gasteiger partial charge in [0.25, 0.3) is 0 Å². The number of hydrogen-bond donors (Lipinski definition) is 1. The first kappa shape index (κ1) is 15.6. The zero-order chi connectivity index (χ0) is 13.4. The van der Waals surface area contributed by atoms with Crippen LogP contribution in [0.15, 0.2) is 0 Å². The van der Waals surface area contributed by atoms with Crippen LogP contribution in [0.1, 0.15) is 33.1 Å². The molecule has 0 spiro atoms. The molecule has 4 nitrogen and oxygen atoms in total. The maximum Gasteiger partial charge on any atom is 0.317 e. The highest BCUT2D eigenvalue weighted by Gasteiger charge is 2.32. The van der Waals surface area contributed by atoms with Crippen molar-refractivity contribution in [3.05, 3.63) is 0 Å². The monoisotopic (exact) mass is 274 g/mol. The lowest BCUT2D eigenvalue weighted by atomic mass is 10.0. The second-order valence-electron chi connectivity index (χ2n) is 5.01. The second kappa shape index (κ2) is 7.89. The zero-order valence-electron chi connectivity index (χ0n) is 11.8. The van der Waals surface area contributed by atoms with Gasteiger partial charge in [-0.05, 0) is 38.2 Å². The third kappa shape index (κ3) is 5.06. The van der Waals surface area contributed by atoms with Crippen LogP contribution in [-0.2, 0) is 4.74 Å². The Morgan fingerprint density at radius 1 is 1.50 bits per heavy atom. The molecule has 1 heterocycles. The maximum atomic E-state index is 12.0. The molecule has 2 amide bonds. The van der Waals surface area contributed by atoms with Crippen molar-refractivity contribution in [2.45, 2.75) is 38.7 Å². The Morgan fingerprint density at radius 2 is 2.28 bits per heavy atom. The quantitative estimate of drug-likeness (QED) is 0.756. The van der Waals surface area contributed by atoms with Crippen LogP contribution in [0, 0.1) is 0 Å². The highest BCUT2D eigenvalue weighted by Crippen LogP contribution is 2.20. The summed E-state index contributed by atoms with van der Waals surface area (Å²) in [7, 11) is 0. The van der Waals surface area contributed by atoms with E-state index >= 15 is 0 Å². The summed E-state index contributed by atoms with van der Waals surface area (Å²) in [5, 5.41) is 3.00. The fourth-order valence-corrected chi connectivity index (χ4v) is 2.49. The van der Waals surface area contributed by atoms with Crippen molar-refractivity contribution in [3.8, 4) is 0 Å². The lowest BCUT2D eigenvalue weighted by molar-refractivity contribution is -0.0872. The van der Waals surface area contributed by atoms with Gasteiger partial charge in [0.1, 0.15) is 0 Å². The van der Waals surface area contributed by atoms with E-state index in [9.17, 15) is 4.79 Å². The summed E-state index contributed by atoms with van der Waals surface area (Å²) in [4.78, 5) is 13.9. The van der Waals surface area contributed by atoms with Gasteiger partial charge >= 0.3 is 6.03 Å². The fraction of sp³-hybridized carbons (Fsp3) is 0.923. The predicted molar refractivity (Wildman–Crippen MR) is 77.2 cm³/mol. The molecule has 5 heteroatoms. The van der Waals surface area contributed by atoms with Gasteiger partial charge in [0, 0.05) is 13.1 Å². The highest BCUT2D eigenvalue weighted by molar-refractivity contribution is 7.98. The second-order valence-corrected chi connectivity index (χ2v) is 5.99. The number of carbonyl (C=O) groups is 1. The van der Waals surface area contributed by atoms with Gasteiger partial charge in [-0.3, -0.25) is 0 Å². The van der Waals surface area contributed by atoms with Crippen LogP contribution < -0.4 is 5.32 Å². The van der Waals surface area contributed by atoms with Gasteiger partial charge in [0.2, 0.25) is 0 Å². The van der Waals surface area contributed by atoms with Crippen molar-refractivity contribution >= 4 is 17.8 Å². The number of unbranched alkanes of at least 4 members (excludes halogenated alkanes) is 1. The molecule has 0 radical (unpaired) electrons. The van der Waals surface area contributed by atoms with Crippen molar-refractivity contribution in [1.29, 1.82) is 0 Å². The van der Waals surface area contributed by atoms with E-state index in [0.717, 1.165) is 25.8 Å². The minimum Gasteiger partial charge on any atom is -0.372 e. The van der Waals surface area contributed by atoms with E-state index < -0.39 is 0 Å². The predicted octanol–water partition coefficient (Wildman–Crippen LogP) is 2.34. The van der Waals surface area contributed by atoms with Crippen molar-refractivity contribution < 1.29 is 9.53 Å². The Labute approximate surface area is 115 Å². The van der Waals surface area contributed by atoms with E-state index in [1.54, 1.807) is 0 Å². The molecule has 0 saturated carbocycles. The van der Waals surface area contributed by atoms with E-state index in [1.807, 2.05) is 16.7 Å². The first-order valence-corrected chi connectivity index (χ1v) is 8.16. The molecule has 18 heavy (non-hydrogen) atoms. The van der Waals surface area contributed by atoms with Crippen molar-refractivity contribution in [3.63, 3.8) is 0 Å². The number of ether oxygens (including phenoxy) is 1. The van der Waals surface area contributed by atoms with Crippen molar-refractivity contribution in [2.24, 2.45) is 0 Å². The number of urea groups is 1. The Hall–Kier alpha value is -0.420. The Balaban J connectivity index is 2.24. The van der Waals surface area contributed by atoms with Crippen molar-refractivity contribution in [1.82, 2.24) is 10.2 Å². The van der Waals surface area contributed by atoms with Crippen LogP contribution in [0.2, 0.25) is 0 Å². The summed E-state index contributed by atoms with van der Waals surface area (Å²) in [6, 6.07) is 0.0575. The molecule has 0 aliphatic carbocycles. The minimum atomic E-state index is -0.172. The van der Waals surface area contributed by atoms with E-state index in [2.05, 4.69) is 25.4 Å². The Morgan fingerprint density at radius 3 is 2.94 bits per heavy atom. The summed E-state index contributed by atoms with van der Waals surface area (Å²) in [5.41, 5.74) is -0.172. The first-order chi connectivity index (χ1) is 8.61. The third-order valence-electron chi connectivity index (χ3n) is 3.42. The largest absolute Gasteiger partial charge is 0.372 e. The average molecular weight is 274 g/mol. The molecule has 0 aromatic heterocycles. The van der Waals surface area contributed by atoms with E-state index in [4.69, 9.17) is 4.74 Å². The molecule has 0 aromatic carbocycles. The van der Waals surface area contributed by atoms with Crippen LogP contribution in [-0.4, -0.2) is 54.8 Å². The van der Waals surface area contributed by atoms with Gasteiger partial charge in [-0.2, -0.15) is 11.8 Å². The van der Waals surface area contributed by atoms with Crippen LogP contribution >= 0.6 is 11.8 Å². The summed E-state index contributed by atoms with van der Waals surface area (Å²) < 4.78 is 5.73. The molecule has 1 aliphatic rings. The number of hydrogen-bond acceptors (Lipinski definition) is 3. The molecular weight excluding hydrogens is 248 g/mol. The Kier molecular flexibility index (Phi) is 6.86. The Bertz CT molecular complexity index is 263. The number of amides is 2. The van der Waals surface area contributed by atoms with Gasteiger partial charge in [-0.1, -0.05) is 6.92 Å². The first-order valence-electron chi connectivity index (χ1n) is 6.77. The van der Waals surface area contributed by atoms with Crippen molar-refractivity contribution in [2.75, 3.05) is 38.2 Å². The smallest absolute Gasteiger partial charge is 0.317 e. The molecule has 0 aromatic rings. The van der Waals surface area contributed by atoms with E-state index in [-0.39, 0.29) is 11.6 Å². The summed E-state index contributed by atoms with van der Waals surface area (Å²) in [6.45, 7) is 6.99. The van der Waals surface area contributed by atoms with Gasteiger partial charge in [-0.15, -0.1) is 0 Å².